The lowest BCUT2D eigenvalue weighted by molar-refractivity contribution is 0.400. The summed E-state index contributed by atoms with van der Waals surface area (Å²) in [5.74, 6) is 2.24. The first-order chi connectivity index (χ1) is 17.8. The van der Waals surface area contributed by atoms with E-state index in [9.17, 15) is 0 Å². The van der Waals surface area contributed by atoms with Crippen molar-refractivity contribution in [2.75, 3.05) is 0 Å². The van der Waals surface area contributed by atoms with Crippen LogP contribution in [0.15, 0.2) is 124 Å². The molecule has 2 aromatic heterocycles. The number of oxazole rings is 1. The summed E-state index contributed by atoms with van der Waals surface area (Å²) in [4.78, 5) is 4.90. The minimum Gasteiger partial charge on any atom is -0.436 e. The minimum atomic E-state index is 0.631. The molecule has 174 valence electrons. The van der Waals surface area contributed by atoms with Crippen molar-refractivity contribution in [3.63, 3.8) is 0 Å². The summed E-state index contributed by atoms with van der Waals surface area (Å²) in [6, 6.07) is 38.8. The number of hydrogen-bond donors (Lipinski definition) is 0. The molecule has 0 spiro atoms. The first kappa shape index (κ1) is 21.8. The lowest BCUT2D eigenvalue weighted by atomic mass is 9.98. The third-order valence-corrected chi connectivity index (χ3v) is 6.28. The Morgan fingerprint density at radius 1 is 0.611 bits per heavy atom. The van der Waals surface area contributed by atoms with Gasteiger partial charge in [0.2, 0.25) is 5.89 Å². The van der Waals surface area contributed by atoms with E-state index in [1.54, 1.807) is 0 Å². The van der Waals surface area contributed by atoms with Gasteiger partial charge in [-0.2, -0.15) is 0 Å². The molecule has 4 nitrogen and oxygen atoms in total. The van der Waals surface area contributed by atoms with Crippen LogP contribution in [-0.2, 0) is 6.42 Å². The molecule has 0 bridgehead atoms. The van der Waals surface area contributed by atoms with E-state index in [4.69, 9.17) is 13.9 Å². The van der Waals surface area contributed by atoms with Gasteiger partial charge in [0.25, 0.3) is 0 Å². The van der Waals surface area contributed by atoms with Gasteiger partial charge in [-0.25, -0.2) is 4.98 Å². The zero-order valence-corrected chi connectivity index (χ0v) is 19.9. The lowest BCUT2D eigenvalue weighted by Crippen LogP contribution is -1.92. The highest BCUT2D eigenvalue weighted by atomic mass is 16.5. The summed E-state index contributed by atoms with van der Waals surface area (Å²) >= 11 is 0. The van der Waals surface area contributed by atoms with Crippen LogP contribution >= 0.6 is 0 Å². The number of hydrogen-bond acceptors (Lipinski definition) is 4. The molecular formula is C32H24N2O2. The second-order valence-electron chi connectivity index (χ2n) is 8.73. The Hall–Kier alpha value is -4.70. The van der Waals surface area contributed by atoms with Gasteiger partial charge in [0.05, 0.1) is 11.3 Å². The third-order valence-electron chi connectivity index (χ3n) is 6.28. The highest BCUT2D eigenvalue weighted by molar-refractivity contribution is 5.82. The molecule has 0 amide bonds. The largest absolute Gasteiger partial charge is 0.436 e. The molecule has 4 heteroatoms. The average molecular weight is 469 g/mol. The monoisotopic (exact) mass is 468 g/mol. The van der Waals surface area contributed by atoms with E-state index >= 15 is 0 Å². The molecule has 0 fully saturated rings. The van der Waals surface area contributed by atoms with Gasteiger partial charge in [0.15, 0.2) is 5.76 Å². The van der Waals surface area contributed by atoms with Gasteiger partial charge in [-0.1, -0.05) is 108 Å². The van der Waals surface area contributed by atoms with Crippen LogP contribution in [0.5, 0.6) is 0 Å². The highest BCUT2D eigenvalue weighted by Crippen LogP contribution is 2.35. The van der Waals surface area contributed by atoms with E-state index in [2.05, 4.69) is 53.7 Å². The standard InChI is InChI=1S/C32H24N2O2/c1-22-29(24-11-5-2-6-12-24)30(34-36-22)25-19-17-23(18-20-25)21-28-31(26-13-7-3-8-14-26)35-32(33-28)27-15-9-4-10-16-27/h2-20H,21H2,1H3. The van der Waals surface area contributed by atoms with Crippen LogP contribution < -0.4 is 0 Å². The van der Waals surface area contributed by atoms with E-state index in [1.807, 2.05) is 73.7 Å². The van der Waals surface area contributed by atoms with Crippen molar-refractivity contribution in [2.45, 2.75) is 13.3 Å². The molecule has 0 unspecified atom stereocenters. The van der Waals surface area contributed by atoms with Crippen LogP contribution in [0, 0.1) is 6.92 Å². The van der Waals surface area contributed by atoms with Crippen molar-refractivity contribution < 1.29 is 8.94 Å². The van der Waals surface area contributed by atoms with Gasteiger partial charge in [-0.05, 0) is 30.2 Å². The summed E-state index contributed by atoms with van der Waals surface area (Å²) < 4.78 is 11.9. The van der Waals surface area contributed by atoms with Crippen LogP contribution in [0.3, 0.4) is 0 Å². The highest BCUT2D eigenvalue weighted by Gasteiger charge is 2.19. The number of aryl methyl sites for hydroxylation is 1. The fourth-order valence-corrected chi connectivity index (χ4v) is 4.48. The predicted molar refractivity (Wildman–Crippen MR) is 142 cm³/mol. The zero-order valence-electron chi connectivity index (χ0n) is 19.9. The molecular weight excluding hydrogens is 444 g/mol. The van der Waals surface area contributed by atoms with Gasteiger partial charge >= 0.3 is 0 Å². The molecule has 0 saturated heterocycles. The van der Waals surface area contributed by atoms with E-state index in [0.717, 1.165) is 56.3 Å². The van der Waals surface area contributed by atoms with E-state index in [0.29, 0.717) is 12.3 Å². The predicted octanol–water partition coefficient (Wildman–Crippen LogP) is 8.23. The van der Waals surface area contributed by atoms with Crippen molar-refractivity contribution in [2.24, 2.45) is 0 Å². The van der Waals surface area contributed by atoms with E-state index in [-0.39, 0.29) is 0 Å². The average Bonchev–Trinajstić information content (AvgIpc) is 3.54. The molecule has 2 heterocycles. The Kier molecular flexibility index (Phi) is 5.76. The summed E-state index contributed by atoms with van der Waals surface area (Å²) in [6.45, 7) is 1.95. The molecule has 0 atom stereocenters. The summed E-state index contributed by atoms with van der Waals surface area (Å²) in [5.41, 5.74) is 8.03. The molecule has 0 aliphatic carbocycles. The van der Waals surface area contributed by atoms with Gasteiger partial charge in [-0.3, -0.25) is 0 Å². The van der Waals surface area contributed by atoms with Gasteiger partial charge in [-0.15, -0.1) is 0 Å². The lowest BCUT2D eigenvalue weighted by Gasteiger charge is -2.05. The maximum absolute atomic E-state index is 6.29. The number of benzene rings is 4. The van der Waals surface area contributed by atoms with E-state index in [1.165, 1.54) is 0 Å². The van der Waals surface area contributed by atoms with Crippen molar-refractivity contribution in [1.82, 2.24) is 10.1 Å². The van der Waals surface area contributed by atoms with Gasteiger partial charge in [0.1, 0.15) is 11.5 Å². The molecule has 6 aromatic rings. The Morgan fingerprint density at radius 3 is 1.83 bits per heavy atom. The molecule has 0 N–H and O–H groups in total. The quantitative estimate of drug-likeness (QED) is 0.247. The topological polar surface area (TPSA) is 52.1 Å². The van der Waals surface area contributed by atoms with Crippen molar-refractivity contribution in [1.29, 1.82) is 0 Å². The van der Waals surface area contributed by atoms with Crippen LogP contribution in [0.1, 0.15) is 17.0 Å². The number of nitrogens with zero attached hydrogens (tertiary/aromatic N) is 2. The molecule has 0 saturated carbocycles. The smallest absolute Gasteiger partial charge is 0.227 e. The van der Waals surface area contributed by atoms with Crippen LogP contribution in [0.25, 0.3) is 45.2 Å². The van der Waals surface area contributed by atoms with E-state index < -0.39 is 0 Å². The second-order valence-corrected chi connectivity index (χ2v) is 8.73. The maximum Gasteiger partial charge on any atom is 0.227 e. The number of rotatable bonds is 6. The maximum atomic E-state index is 6.29. The van der Waals surface area contributed by atoms with Crippen molar-refractivity contribution in [3.05, 3.63) is 132 Å². The van der Waals surface area contributed by atoms with Crippen LogP contribution in [0.4, 0.5) is 0 Å². The fraction of sp³-hybridized carbons (Fsp3) is 0.0625. The zero-order chi connectivity index (χ0) is 24.3. The first-order valence-electron chi connectivity index (χ1n) is 12.0. The fourth-order valence-electron chi connectivity index (χ4n) is 4.48. The van der Waals surface area contributed by atoms with Gasteiger partial charge in [0, 0.05) is 23.1 Å². The molecule has 0 aliphatic rings. The molecule has 0 aliphatic heterocycles. The van der Waals surface area contributed by atoms with Crippen molar-refractivity contribution in [3.8, 4) is 45.2 Å². The minimum absolute atomic E-state index is 0.631. The molecule has 0 radical (unpaired) electrons. The Bertz CT molecular complexity index is 1580. The Labute approximate surface area is 209 Å². The normalized spacial score (nSPS) is 11.0. The van der Waals surface area contributed by atoms with Crippen LogP contribution in [-0.4, -0.2) is 10.1 Å². The Balaban J connectivity index is 1.33. The van der Waals surface area contributed by atoms with Gasteiger partial charge < -0.3 is 8.94 Å². The second kappa shape index (κ2) is 9.51. The SMILES string of the molecule is Cc1onc(-c2ccc(Cc3nc(-c4ccccc4)oc3-c3ccccc3)cc2)c1-c1ccccc1. The first-order valence-corrected chi connectivity index (χ1v) is 12.0. The third kappa shape index (κ3) is 4.25. The Morgan fingerprint density at radius 2 is 1.19 bits per heavy atom. The van der Waals surface area contributed by atoms with Crippen LogP contribution in [0.2, 0.25) is 0 Å². The molecule has 4 aromatic carbocycles. The summed E-state index contributed by atoms with van der Waals surface area (Å²) in [6.07, 6.45) is 0.657. The summed E-state index contributed by atoms with van der Waals surface area (Å²) in [5, 5.41) is 4.36. The summed E-state index contributed by atoms with van der Waals surface area (Å²) in [7, 11) is 0. The molecule has 36 heavy (non-hydrogen) atoms. The molecule has 6 rings (SSSR count). The van der Waals surface area contributed by atoms with Crippen molar-refractivity contribution >= 4 is 0 Å². The number of aromatic nitrogens is 2.